The monoisotopic (exact) mass is 359 g/mol. The maximum absolute atomic E-state index is 12.2. The van der Waals surface area contributed by atoms with Crippen LogP contribution in [0.1, 0.15) is 24.0 Å². The molecule has 0 saturated carbocycles. The number of sulfonamides is 1. The number of aryl methyl sites for hydroxylation is 1. The van der Waals surface area contributed by atoms with Crippen LogP contribution in [-0.2, 0) is 14.8 Å². The molecule has 0 spiro atoms. The number of anilines is 2. The third-order valence-electron chi connectivity index (χ3n) is 3.99. The first-order valence-corrected chi connectivity index (χ1v) is 9.10. The standard InChI is InChI=1S/C17H17N3O4S/c1-10-3-6-13(7-4-10)25(23,24)20-17(22)18-12-5-8-15-14(9-12)11(2)16(21)19-15/h3-9,11H,1-2H3,(H,19,21)(H2,18,20,22). The average molecular weight is 359 g/mol. The van der Waals surface area contributed by atoms with Crippen LogP contribution in [0.3, 0.4) is 0 Å². The Hall–Kier alpha value is -2.87. The van der Waals surface area contributed by atoms with E-state index < -0.39 is 16.1 Å². The summed E-state index contributed by atoms with van der Waals surface area (Å²) in [6.45, 7) is 3.60. The van der Waals surface area contributed by atoms with Crippen molar-refractivity contribution in [2.45, 2.75) is 24.7 Å². The van der Waals surface area contributed by atoms with Gasteiger partial charge in [0.15, 0.2) is 0 Å². The number of hydrogen-bond acceptors (Lipinski definition) is 4. The van der Waals surface area contributed by atoms with Crippen LogP contribution in [0.4, 0.5) is 16.2 Å². The number of benzene rings is 2. The van der Waals surface area contributed by atoms with Crippen LogP contribution in [-0.4, -0.2) is 20.4 Å². The number of amides is 3. The Morgan fingerprint density at radius 1 is 1.12 bits per heavy atom. The van der Waals surface area contributed by atoms with E-state index in [1.165, 1.54) is 12.1 Å². The summed E-state index contributed by atoms with van der Waals surface area (Å²) in [6.07, 6.45) is 0. The minimum atomic E-state index is -3.96. The number of fused-ring (bicyclic) bond motifs is 1. The Kier molecular flexibility index (Phi) is 4.22. The molecule has 0 radical (unpaired) electrons. The molecule has 2 aromatic carbocycles. The average Bonchev–Trinajstić information content (AvgIpc) is 2.82. The predicted molar refractivity (Wildman–Crippen MR) is 94.0 cm³/mol. The summed E-state index contributed by atoms with van der Waals surface area (Å²) in [4.78, 5) is 23.7. The van der Waals surface area contributed by atoms with E-state index in [0.29, 0.717) is 11.4 Å². The summed E-state index contributed by atoms with van der Waals surface area (Å²) in [5.41, 5.74) is 2.76. The molecule has 0 bridgehead atoms. The molecule has 1 aliphatic rings. The van der Waals surface area contributed by atoms with Gasteiger partial charge in [-0.3, -0.25) is 4.79 Å². The van der Waals surface area contributed by atoms with Gasteiger partial charge in [0.25, 0.3) is 10.0 Å². The fourth-order valence-corrected chi connectivity index (χ4v) is 3.46. The Balaban J connectivity index is 1.73. The molecule has 3 rings (SSSR count). The van der Waals surface area contributed by atoms with Gasteiger partial charge < -0.3 is 10.6 Å². The molecule has 130 valence electrons. The number of hydrogen-bond donors (Lipinski definition) is 3. The highest BCUT2D eigenvalue weighted by atomic mass is 32.2. The van der Waals surface area contributed by atoms with Crippen LogP contribution >= 0.6 is 0 Å². The Labute approximate surface area is 145 Å². The number of nitrogens with one attached hydrogen (secondary N) is 3. The molecule has 8 heteroatoms. The van der Waals surface area contributed by atoms with Crippen LogP contribution < -0.4 is 15.4 Å². The summed E-state index contributed by atoms with van der Waals surface area (Å²) >= 11 is 0. The number of carbonyl (C=O) groups excluding carboxylic acids is 2. The second-order valence-electron chi connectivity index (χ2n) is 5.89. The minimum Gasteiger partial charge on any atom is -0.325 e. The molecule has 1 heterocycles. The Morgan fingerprint density at radius 2 is 1.80 bits per heavy atom. The first-order valence-electron chi connectivity index (χ1n) is 7.61. The van der Waals surface area contributed by atoms with E-state index in [-0.39, 0.29) is 16.7 Å². The van der Waals surface area contributed by atoms with Crippen molar-refractivity contribution < 1.29 is 18.0 Å². The van der Waals surface area contributed by atoms with E-state index in [1.807, 2.05) is 11.6 Å². The topological polar surface area (TPSA) is 104 Å². The van der Waals surface area contributed by atoms with E-state index in [9.17, 15) is 18.0 Å². The number of carbonyl (C=O) groups is 2. The zero-order chi connectivity index (χ0) is 18.2. The summed E-state index contributed by atoms with van der Waals surface area (Å²) in [6, 6.07) is 10.2. The molecule has 0 aliphatic carbocycles. The molecule has 3 amide bonds. The molecule has 0 fully saturated rings. The number of rotatable bonds is 3. The van der Waals surface area contributed by atoms with E-state index in [1.54, 1.807) is 37.3 Å². The number of urea groups is 1. The van der Waals surface area contributed by atoms with Crippen LogP contribution in [0.15, 0.2) is 47.4 Å². The lowest BCUT2D eigenvalue weighted by molar-refractivity contribution is -0.116. The molecule has 25 heavy (non-hydrogen) atoms. The van der Waals surface area contributed by atoms with Crippen molar-refractivity contribution in [3.8, 4) is 0 Å². The first kappa shape index (κ1) is 17.0. The Morgan fingerprint density at radius 3 is 2.48 bits per heavy atom. The third kappa shape index (κ3) is 3.48. The van der Waals surface area contributed by atoms with Gasteiger partial charge in [0.1, 0.15) is 0 Å². The van der Waals surface area contributed by atoms with Crippen molar-refractivity contribution in [3.63, 3.8) is 0 Å². The van der Waals surface area contributed by atoms with Crippen molar-refractivity contribution >= 4 is 33.3 Å². The molecule has 0 aromatic heterocycles. The molecular weight excluding hydrogens is 342 g/mol. The first-order chi connectivity index (χ1) is 11.8. The molecule has 1 atom stereocenters. The van der Waals surface area contributed by atoms with Gasteiger partial charge in [-0.25, -0.2) is 17.9 Å². The predicted octanol–water partition coefficient (Wildman–Crippen LogP) is 2.56. The Bertz CT molecular complexity index is 952. The van der Waals surface area contributed by atoms with Gasteiger partial charge in [-0.2, -0.15) is 0 Å². The van der Waals surface area contributed by atoms with Crippen molar-refractivity contribution in [1.82, 2.24) is 4.72 Å². The molecule has 7 nitrogen and oxygen atoms in total. The molecular formula is C17H17N3O4S. The van der Waals surface area contributed by atoms with Gasteiger partial charge in [0.05, 0.1) is 10.8 Å². The molecule has 3 N–H and O–H groups in total. The van der Waals surface area contributed by atoms with Gasteiger partial charge in [0, 0.05) is 11.4 Å². The summed E-state index contributed by atoms with van der Waals surface area (Å²) in [5.74, 6) is -0.436. The van der Waals surface area contributed by atoms with Crippen molar-refractivity contribution in [3.05, 3.63) is 53.6 Å². The van der Waals surface area contributed by atoms with Crippen molar-refractivity contribution in [2.75, 3.05) is 10.6 Å². The van der Waals surface area contributed by atoms with E-state index in [4.69, 9.17) is 0 Å². The minimum absolute atomic E-state index is 0.00521. The zero-order valence-electron chi connectivity index (χ0n) is 13.7. The largest absolute Gasteiger partial charge is 0.333 e. The van der Waals surface area contributed by atoms with Crippen LogP contribution in [0, 0.1) is 6.92 Å². The fourth-order valence-electron chi connectivity index (χ4n) is 2.55. The highest BCUT2D eigenvalue weighted by Crippen LogP contribution is 2.33. The zero-order valence-corrected chi connectivity index (χ0v) is 14.5. The molecule has 0 saturated heterocycles. The SMILES string of the molecule is Cc1ccc(S(=O)(=O)NC(=O)Nc2ccc3c(c2)C(C)C(=O)N3)cc1. The van der Waals surface area contributed by atoms with Crippen molar-refractivity contribution in [2.24, 2.45) is 0 Å². The van der Waals surface area contributed by atoms with Gasteiger partial charge in [-0.15, -0.1) is 0 Å². The third-order valence-corrected chi connectivity index (χ3v) is 5.33. The van der Waals surface area contributed by atoms with Gasteiger partial charge in [-0.1, -0.05) is 17.7 Å². The highest BCUT2D eigenvalue weighted by Gasteiger charge is 2.26. The van der Waals surface area contributed by atoms with E-state index in [2.05, 4.69) is 10.6 Å². The van der Waals surface area contributed by atoms with Gasteiger partial charge >= 0.3 is 6.03 Å². The summed E-state index contributed by atoms with van der Waals surface area (Å²) in [5, 5.41) is 5.20. The van der Waals surface area contributed by atoms with Gasteiger partial charge in [0.2, 0.25) is 5.91 Å². The highest BCUT2D eigenvalue weighted by molar-refractivity contribution is 7.90. The van der Waals surface area contributed by atoms with E-state index in [0.717, 1.165) is 11.1 Å². The maximum Gasteiger partial charge on any atom is 0.333 e. The lowest BCUT2D eigenvalue weighted by Gasteiger charge is -2.10. The lowest BCUT2D eigenvalue weighted by Crippen LogP contribution is -2.34. The lowest BCUT2D eigenvalue weighted by atomic mass is 10.0. The van der Waals surface area contributed by atoms with E-state index >= 15 is 0 Å². The second kappa shape index (κ2) is 6.21. The van der Waals surface area contributed by atoms with Crippen LogP contribution in [0.5, 0.6) is 0 Å². The van der Waals surface area contributed by atoms with Crippen LogP contribution in [0.2, 0.25) is 0 Å². The maximum atomic E-state index is 12.2. The van der Waals surface area contributed by atoms with Crippen LogP contribution in [0.25, 0.3) is 0 Å². The molecule has 1 aliphatic heterocycles. The summed E-state index contributed by atoms with van der Waals surface area (Å²) < 4.78 is 26.4. The van der Waals surface area contributed by atoms with Crippen molar-refractivity contribution in [1.29, 1.82) is 0 Å². The van der Waals surface area contributed by atoms with Gasteiger partial charge in [-0.05, 0) is 49.7 Å². The quantitative estimate of drug-likeness (QED) is 0.783. The molecule has 1 unspecified atom stereocenters. The second-order valence-corrected chi connectivity index (χ2v) is 7.57. The smallest absolute Gasteiger partial charge is 0.325 e. The molecule has 2 aromatic rings. The normalized spacial score (nSPS) is 16.1. The summed E-state index contributed by atoms with van der Waals surface area (Å²) in [7, 11) is -3.96. The fraction of sp³-hybridized carbons (Fsp3) is 0.176.